The Morgan fingerprint density at radius 2 is 1.76 bits per heavy atom. The third kappa shape index (κ3) is 1.72. The van der Waals surface area contributed by atoms with Gasteiger partial charge in [-0.05, 0) is 67.5 Å². The van der Waals surface area contributed by atoms with Gasteiger partial charge in [-0.2, -0.15) is 0 Å². The molecule has 1 N–H and O–H groups in total. The lowest BCUT2D eigenvalue weighted by molar-refractivity contribution is 0.0207. The molecule has 0 radical (unpaired) electrons. The second kappa shape index (κ2) is 3.84. The standard InChI is InChI=1S/C16H21N/c1-2-4-11(5-3-1)15-7-12(15)8-16-13-6-14(16)10-17-9-13/h1-5,12-17H,6-10H2/t12-,13-,14+,15?,16?/m0/s1. The first-order valence-corrected chi connectivity index (χ1v) is 7.17. The van der Waals surface area contributed by atoms with Crippen LogP contribution in [-0.2, 0) is 0 Å². The predicted octanol–water partition coefficient (Wildman–Crippen LogP) is 3.04. The Morgan fingerprint density at radius 1 is 1.00 bits per heavy atom. The Balaban J connectivity index is 1.37. The molecule has 1 heteroatoms. The van der Waals surface area contributed by atoms with Gasteiger partial charge in [0.15, 0.2) is 0 Å². The Morgan fingerprint density at radius 3 is 2.47 bits per heavy atom. The summed E-state index contributed by atoms with van der Waals surface area (Å²) in [5, 5.41) is 3.55. The minimum absolute atomic E-state index is 0.894. The van der Waals surface area contributed by atoms with Gasteiger partial charge in [-0.3, -0.25) is 0 Å². The highest BCUT2D eigenvalue weighted by Crippen LogP contribution is 2.56. The fraction of sp³-hybridized carbons (Fsp3) is 0.625. The molecule has 5 atom stereocenters. The van der Waals surface area contributed by atoms with Crippen molar-refractivity contribution in [2.45, 2.75) is 25.2 Å². The maximum Gasteiger partial charge on any atom is -0.00175 e. The molecule has 2 bridgehead atoms. The number of benzene rings is 1. The van der Waals surface area contributed by atoms with Gasteiger partial charge in [0, 0.05) is 0 Å². The van der Waals surface area contributed by atoms with Gasteiger partial charge in [0.25, 0.3) is 0 Å². The van der Waals surface area contributed by atoms with Crippen molar-refractivity contribution in [3.05, 3.63) is 35.9 Å². The normalized spacial score (nSPS) is 42.9. The van der Waals surface area contributed by atoms with Crippen LogP contribution in [0.1, 0.15) is 30.7 Å². The van der Waals surface area contributed by atoms with Gasteiger partial charge in [0.2, 0.25) is 0 Å². The molecule has 2 unspecified atom stereocenters. The molecular formula is C16H21N. The molecule has 0 amide bonds. The Kier molecular flexibility index (Phi) is 2.29. The fourth-order valence-corrected chi connectivity index (χ4v) is 4.20. The van der Waals surface area contributed by atoms with Gasteiger partial charge < -0.3 is 5.32 Å². The van der Waals surface area contributed by atoms with Crippen molar-refractivity contribution < 1.29 is 0 Å². The predicted molar refractivity (Wildman–Crippen MR) is 69.9 cm³/mol. The molecule has 4 rings (SSSR count). The molecule has 3 aliphatic rings. The quantitative estimate of drug-likeness (QED) is 0.837. The lowest BCUT2D eigenvalue weighted by Crippen LogP contribution is -2.53. The van der Waals surface area contributed by atoms with Crippen LogP contribution < -0.4 is 5.32 Å². The van der Waals surface area contributed by atoms with E-state index in [9.17, 15) is 0 Å². The lowest BCUT2D eigenvalue weighted by Gasteiger charge is -2.50. The minimum atomic E-state index is 0.894. The van der Waals surface area contributed by atoms with Gasteiger partial charge in [0.05, 0.1) is 0 Å². The summed E-state index contributed by atoms with van der Waals surface area (Å²) in [5.74, 6) is 5.00. The molecular weight excluding hydrogens is 206 g/mol. The first-order chi connectivity index (χ1) is 8.42. The largest absolute Gasteiger partial charge is 0.316 e. The van der Waals surface area contributed by atoms with Gasteiger partial charge in [-0.1, -0.05) is 30.3 Å². The number of hydrogen-bond acceptors (Lipinski definition) is 1. The monoisotopic (exact) mass is 227 g/mol. The highest BCUT2D eigenvalue weighted by atomic mass is 14.9. The van der Waals surface area contributed by atoms with Crippen LogP contribution in [0.3, 0.4) is 0 Å². The molecule has 1 aromatic carbocycles. The van der Waals surface area contributed by atoms with E-state index in [0.29, 0.717) is 0 Å². The van der Waals surface area contributed by atoms with Crippen LogP contribution in [0.25, 0.3) is 0 Å². The summed E-state index contributed by atoms with van der Waals surface area (Å²) in [6, 6.07) is 11.1. The smallest absolute Gasteiger partial charge is 0.00175 e. The van der Waals surface area contributed by atoms with E-state index >= 15 is 0 Å². The molecule has 1 heterocycles. The van der Waals surface area contributed by atoms with Crippen LogP contribution >= 0.6 is 0 Å². The summed E-state index contributed by atoms with van der Waals surface area (Å²) in [5.41, 5.74) is 1.58. The highest BCUT2D eigenvalue weighted by molar-refractivity contribution is 5.25. The van der Waals surface area contributed by atoms with E-state index in [0.717, 1.165) is 29.6 Å². The molecule has 1 aliphatic heterocycles. The molecule has 1 aromatic rings. The minimum Gasteiger partial charge on any atom is -0.316 e. The van der Waals surface area contributed by atoms with E-state index in [4.69, 9.17) is 0 Å². The fourth-order valence-electron chi connectivity index (χ4n) is 4.20. The first-order valence-electron chi connectivity index (χ1n) is 7.17. The molecule has 90 valence electrons. The maximum absolute atomic E-state index is 3.55. The Hall–Kier alpha value is -0.820. The van der Waals surface area contributed by atoms with E-state index in [1.165, 1.54) is 32.4 Å². The van der Waals surface area contributed by atoms with Crippen LogP contribution in [0.2, 0.25) is 0 Å². The molecule has 0 aromatic heterocycles. The van der Waals surface area contributed by atoms with Crippen LogP contribution in [0, 0.1) is 23.7 Å². The van der Waals surface area contributed by atoms with E-state index < -0.39 is 0 Å². The first kappa shape index (κ1) is 10.1. The summed E-state index contributed by atoms with van der Waals surface area (Å²) in [6.07, 6.45) is 4.48. The van der Waals surface area contributed by atoms with E-state index in [1.54, 1.807) is 5.56 Å². The van der Waals surface area contributed by atoms with Gasteiger partial charge >= 0.3 is 0 Å². The molecule has 2 saturated carbocycles. The van der Waals surface area contributed by atoms with Crippen molar-refractivity contribution in [2.75, 3.05) is 13.1 Å². The topological polar surface area (TPSA) is 12.0 Å². The highest BCUT2D eigenvalue weighted by Gasteiger charge is 2.48. The van der Waals surface area contributed by atoms with Gasteiger partial charge in [0.1, 0.15) is 0 Å². The number of piperidine rings is 2. The molecule has 3 fully saturated rings. The second-order valence-electron chi connectivity index (χ2n) is 6.33. The Labute approximate surface area is 104 Å². The summed E-state index contributed by atoms with van der Waals surface area (Å²) in [7, 11) is 0. The second-order valence-corrected chi connectivity index (χ2v) is 6.33. The van der Waals surface area contributed by atoms with E-state index in [2.05, 4.69) is 35.6 Å². The van der Waals surface area contributed by atoms with Crippen molar-refractivity contribution in [1.29, 1.82) is 0 Å². The van der Waals surface area contributed by atoms with E-state index in [1.807, 2.05) is 0 Å². The van der Waals surface area contributed by atoms with Crippen molar-refractivity contribution in [3.63, 3.8) is 0 Å². The van der Waals surface area contributed by atoms with Crippen molar-refractivity contribution >= 4 is 0 Å². The van der Waals surface area contributed by atoms with Crippen LogP contribution in [0.4, 0.5) is 0 Å². The zero-order valence-corrected chi connectivity index (χ0v) is 10.3. The third-order valence-corrected chi connectivity index (χ3v) is 5.35. The van der Waals surface area contributed by atoms with Gasteiger partial charge in [-0.15, -0.1) is 0 Å². The van der Waals surface area contributed by atoms with Crippen LogP contribution in [-0.4, -0.2) is 13.1 Å². The molecule has 1 saturated heterocycles. The van der Waals surface area contributed by atoms with E-state index in [-0.39, 0.29) is 0 Å². The molecule has 2 aliphatic carbocycles. The average molecular weight is 227 g/mol. The zero-order valence-electron chi connectivity index (χ0n) is 10.3. The lowest BCUT2D eigenvalue weighted by atomic mass is 9.60. The average Bonchev–Trinajstić information content (AvgIpc) is 3.17. The summed E-state index contributed by atoms with van der Waals surface area (Å²) in [6.45, 7) is 2.59. The maximum atomic E-state index is 3.55. The summed E-state index contributed by atoms with van der Waals surface area (Å²) >= 11 is 0. The zero-order chi connectivity index (χ0) is 11.2. The van der Waals surface area contributed by atoms with Crippen molar-refractivity contribution in [2.24, 2.45) is 23.7 Å². The van der Waals surface area contributed by atoms with Crippen molar-refractivity contribution in [1.82, 2.24) is 5.32 Å². The van der Waals surface area contributed by atoms with Gasteiger partial charge in [-0.25, -0.2) is 0 Å². The summed E-state index contributed by atoms with van der Waals surface area (Å²) in [4.78, 5) is 0. The van der Waals surface area contributed by atoms with Crippen LogP contribution in [0.15, 0.2) is 30.3 Å². The molecule has 17 heavy (non-hydrogen) atoms. The van der Waals surface area contributed by atoms with Crippen LogP contribution in [0.5, 0.6) is 0 Å². The Bertz CT molecular complexity index is 385. The SMILES string of the molecule is c1ccc(C2C[C@H]2CC2[C@@H]3CNC[C@H]2C3)cc1. The number of rotatable bonds is 3. The number of fused-ring (bicyclic) bond motifs is 2. The number of hydrogen-bond donors (Lipinski definition) is 1. The third-order valence-electron chi connectivity index (χ3n) is 5.35. The molecule has 1 nitrogen and oxygen atoms in total. The van der Waals surface area contributed by atoms with Crippen molar-refractivity contribution in [3.8, 4) is 0 Å². The number of nitrogens with one attached hydrogen (secondary N) is 1. The molecule has 0 spiro atoms. The summed E-state index contributed by atoms with van der Waals surface area (Å²) < 4.78 is 0.